The topological polar surface area (TPSA) is 24.5 Å². The van der Waals surface area contributed by atoms with Gasteiger partial charge in [0.25, 0.3) is 0 Å². The highest BCUT2D eigenvalue weighted by atomic mass is 79.9. The fourth-order valence-corrected chi connectivity index (χ4v) is 3.86. The average molecular weight is 339 g/mol. The van der Waals surface area contributed by atoms with Gasteiger partial charge in [-0.25, -0.2) is 0 Å². The van der Waals surface area contributed by atoms with E-state index in [2.05, 4.69) is 51.3 Å². The monoisotopic (exact) mass is 338 g/mol. The van der Waals surface area contributed by atoms with Crippen LogP contribution in [0.5, 0.6) is 0 Å². The molecule has 1 N–H and O–H groups in total. The van der Waals surface area contributed by atoms with E-state index >= 15 is 0 Å². The van der Waals surface area contributed by atoms with Gasteiger partial charge < -0.3 is 15.0 Å². The molecule has 1 saturated heterocycles. The summed E-state index contributed by atoms with van der Waals surface area (Å²) in [6, 6.07) is 7.56. The second kappa shape index (κ2) is 6.04. The Morgan fingerprint density at radius 3 is 3.05 bits per heavy atom. The Morgan fingerprint density at radius 2 is 2.25 bits per heavy atom. The Balaban J connectivity index is 1.97. The number of ether oxygens (including phenoxy) is 1. The molecule has 3 nitrogen and oxygen atoms in total. The zero-order chi connectivity index (χ0) is 14.1. The quantitative estimate of drug-likeness (QED) is 0.912. The van der Waals surface area contributed by atoms with E-state index in [1.807, 2.05) is 7.05 Å². The van der Waals surface area contributed by atoms with Crippen molar-refractivity contribution in [1.29, 1.82) is 0 Å². The minimum Gasteiger partial charge on any atom is -0.374 e. The predicted octanol–water partition coefficient (Wildman–Crippen LogP) is 3.49. The van der Waals surface area contributed by atoms with E-state index in [-0.39, 0.29) is 0 Å². The highest BCUT2D eigenvalue weighted by Crippen LogP contribution is 2.37. The third kappa shape index (κ3) is 2.61. The number of hydrogen-bond donors (Lipinski definition) is 1. The van der Waals surface area contributed by atoms with E-state index in [4.69, 9.17) is 4.74 Å². The smallest absolute Gasteiger partial charge is 0.0779 e. The maximum Gasteiger partial charge on any atom is 0.0779 e. The fraction of sp³-hybridized carbons (Fsp3) is 0.625. The van der Waals surface area contributed by atoms with Crippen molar-refractivity contribution < 1.29 is 4.74 Å². The van der Waals surface area contributed by atoms with Gasteiger partial charge in [0, 0.05) is 22.7 Å². The van der Waals surface area contributed by atoms with Crippen LogP contribution in [0.15, 0.2) is 22.7 Å². The van der Waals surface area contributed by atoms with Gasteiger partial charge in [0.1, 0.15) is 0 Å². The molecule has 0 radical (unpaired) electrons. The molecule has 2 fully saturated rings. The van der Waals surface area contributed by atoms with Gasteiger partial charge in [-0.2, -0.15) is 0 Å². The molecule has 4 heteroatoms. The van der Waals surface area contributed by atoms with Crippen LogP contribution in [0.1, 0.15) is 37.8 Å². The van der Waals surface area contributed by atoms with Gasteiger partial charge in [-0.15, -0.1) is 0 Å². The fourth-order valence-electron chi connectivity index (χ4n) is 3.51. The largest absolute Gasteiger partial charge is 0.374 e. The maximum atomic E-state index is 5.94. The van der Waals surface area contributed by atoms with Crippen molar-refractivity contribution in [3.63, 3.8) is 0 Å². The van der Waals surface area contributed by atoms with Crippen LogP contribution in [0.2, 0.25) is 0 Å². The molecule has 110 valence electrons. The number of morpholine rings is 1. The van der Waals surface area contributed by atoms with Gasteiger partial charge in [0.05, 0.1) is 18.8 Å². The first-order valence-corrected chi connectivity index (χ1v) is 8.35. The van der Waals surface area contributed by atoms with Gasteiger partial charge in [-0.1, -0.05) is 22.0 Å². The van der Waals surface area contributed by atoms with Gasteiger partial charge in [-0.05, 0) is 50.9 Å². The van der Waals surface area contributed by atoms with E-state index in [1.165, 1.54) is 30.5 Å². The summed E-state index contributed by atoms with van der Waals surface area (Å²) < 4.78 is 7.09. The van der Waals surface area contributed by atoms with Crippen molar-refractivity contribution in [1.82, 2.24) is 5.32 Å². The number of nitrogens with zero attached hydrogens (tertiary/aromatic N) is 1. The van der Waals surface area contributed by atoms with Crippen molar-refractivity contribution in [2.75, 3.05) is 25.1 Å². The van der Waals surface area contributed by atoms with Gasteiger partial charge in [0.15, 0.2) is 0 Å². The molecule has 1 aromatic rings. The molecule has 3 rings (SSSR count). The lowest BCUT2D eigenvalue weighted by Gasteiger charge is -2.41. The molecule has 1 aromatic carbocycles. The van der Waals surface area contributed by atoms with Gasteiger partial charge >= 0.3 is 0 Å². The highest BCUT2D eigenvalue weighted by molar-refractivity contribution is 9.10. The van der Waals surface area contributed by atoms with Crippen molar-refractivity contribution in [3.8, 4) is 0 Å². The van der Waals surface area contributed by atoms with Gasteiger partial charge in [0.2, 0.25) is 0 Å². The molecule has 1 heterocycles. The lowest BCUT2D eigenvalue weighted by molar-refractivity contribution is 0.0255. The van der Waals surface area contributed by atoms with Crippen LogP contribution in [0, 0.1) is 0 Å². The lowest BCUT2D eigenvalue weighted by Crippen LogP contribution is -2.49. The molecule has 2 aliphatic rings. The minimum absolute atomic E-state index is 0.362. The summed E-state index contributed by atoms with van der Waals surface area (Å²) in [5, 5.41) is 3.37. The number of halogens is 1. The van der Waals surface area contributed by atoms with E-state index in [0.717, 1.165) is 17.6 Å². The van der Waals surface area contributed by atoms with E-state index in [1.54, 1.807) is 0 Å². The van der Waals surface area contributed by atoms with Crippen LogP contribution in [0.25, 0.3) is 0 Å². The zero-order valence-corrected chi connectivity index (χ0v) is 13.8. The summed E-state index contributed by atoms with van der Waals surface area (Å²) in [6.45, 7) is 4.07. The molecule has 0 aromatic heterocycles. The minimum atomic E-state index is 0.362. The Labute approximate surface area is 129 Å². The van der Waals surface area contributed by atoms with Crippen LogP contribution in [-0.2, 0) is 4.74 Å². The zero-order valence-electron chi connectivity index (χ0n) is 12.2. The molecule has 3 unspecified atom stereocenters. The number of anilines is 1. The number of benzene rings is 1. The third-order valence-electron chi connectivity index (χ3n) is 4.68. The number of fused-ring (bicyclic) bond motifs is 1. The highest BCUT2D eigenvalue weighted by Gasteiger charge is 2.37. The van der Waals surface area contributed by atoms with Crippen molar-refractivity contribution >= 4 is 21.6 Å². The summed E-state index contributed by atoms with van der Waals surface area (Å²) in [4.78, 5) is 2.58. The normalized spacial score (nSPS) is 27.4. The second-order valence-corrected chi connectivity index (χ2v) is 6.73. The summed E-state index contributed by atoms with van der Waals surface area (Å²) >= 11 is 3.63. The van der Waals surface area contributed by atoms with Crippen LogP contribution in [0.4, 0.5) is 5.69 Å². The first-order chi connectivity index (χ1) is 9.70. The van der Waals surface area contributed by atoms with E-state index in [0.29, 0.717) is 18.2 Å². The molecule has 1 aliphatic carbocycles. The first-order valence-electron chi connectivity index (χ1n) is 7.55. The second-order valence-electron chi connectivity index (χ2n) is 5.81. The molecule has 1 aliphatic heterocycles. The molecular weight excluding hydrogens is 316 g/mol. The summed E-state index contributed by atoms with van der Waals surface area (Å²) in [5.41, 5.74) is 2.74. The van der Waals surface area contributed by atoms with Gasteiger partial charge in [-0.3, -0.25) is 0 Å². The van der Waals surface area contributed by atoms with Crippen LogP contribution < -0.4 is 10.2 Å². The van der Waals surface area contributed by atoms with Crippen molar-refractivity contribution in [2.24, 2.45) is 0 Å². The molecular formula is C16H23BrN2O. The third-order valence-corrected chi connectivity index (χ3v) is 5.18. The van der Waals surface area contributed by atoms with E-state index in [9.17, 15) is 0 Å². The maximum absolute atomic E-state index is 5.94. The molecule has 0 bridgehead atoms. The van der Waals surface area contributed by atoms with Crippen LogP contribution in [-0.4, -0.2) is 32.3 Å². The van der Waals surface area contributed by atoms with Crippen LogP contribution in [0.3, 0.4) is 0 Å². The molecule has 0 spiro atoms. The lowest BCUT2D eigenvalue weighted by atomic mass is 10.0. The Kier molecular flexibility index (Phi) is 4.34. The first kappa shape index (κ1) is 14.4. The summed E-state index contributed by atoms with van der Waals surface area (Å²) in [5.74, 6) is 0. The molecule has 20 heavy (non-hydrogen) atoms. The van der Waals surface area contributed by atoms with Crippen molar-refractivity contribution in [3.05, 3.63) is 28.2 Å². The van der Waals surface area contributed by atoms with E-state index < -0.39 is 0 Å². The average Bonchev–Trinajstić information content (AvgIpc) is 2.94. The summed E-state index contributed by atoms with van der Waals surface area (Å²) in [7, 11) is 2.02. The standard InChI is InChI=1S/C16H23BrN2O/c1-11(18-2)13-7-6-12(17)10-15(13)19-8-9-20-16-5-3-4-14(16)19/h6-7,10-11,14,16,18H,3-5,8-9H2,1-2H3. The summed E-state index contributed by atoms with van der Waals surface area (Å²) in [6.07, 6.45) is 4.19. The van der Waals surface area contributed by atoms with Crippen LogP contribution >= 0.6 is 15.9 Å². The number of rotatable bonds is 3. The molecule has 0 amide bonds. The van der Waals surface area contributed by atoms with Crippen molar-refractivity contribution in [2.45, 2.75) is 44.4 Å². The SMILES string of the molecule is CNC(C)c1ccc(Br)cc1N1CCOC2CCCC21. The molecule has 1 saturated carbocycles. The molecule has 3 atom stereocenters. The number of hydrogen-bond acceptors (Lipinski definition) is 3. The Morgan fingerprint density at radius 1 is 1.40 bits per heavy atom. The number of nitrogens with one attached hydrogen (secondary N) is 1. The predicted molar refractivity (Wildman–Crippen MR) is 86.3 cm³/mol. The Bertz CT molecular complexity index is 480. The Hall–Kier alpha value is -0.580.